The predicted molar refractivity (Wildman–Crippen MR) is 77.5 cm³/mol. The molecule has 1 saturated heterocycles. The zero-order chi connectivity index (χ0) is 15.9. The summed E-state index contributed by atoms with van der Waals surface area (Å²) >= 11 is 0. The number of hydrogen-bond acceptors (Lipinski definition) is 4. The molecule has 2 amide bonds. The molecule has 1 aliphatic heterocycles. The largest absolute Gasteiger partial charge is 0.392 e. The topological polar surface area (TPSA) is 79.3 Å². The van der Waals surface area contributed by atoms with Crippen LogP contribution in [0.15, 0.2) is 18.2 Å². The monoisotopic (exact) mass is 302 g/mol. The average molecular weight is 302 g/mol. The third-order valence-electron chi connectivity index (χ3n) is 4.00. The van der Waals surface area contributed by atoms with Crippen molar-refractivity contribution in [1.29, 1.82) is 0 Å². The van der Waals surface area contributed by atoms with Gasteiger partial charge in [-0.2, -0.15) is 0 Å². The van der Waals surface area contributed by atoms with E-state index < -0.39 is 18.3 Å². The van der Waals surface area contributed by atoms with Gasteiger partial charge in [-0.15, -0.1) is 0 Å². The predicted octanol–water partition coefficient (Wildman–Crippen LogP) is 1.69. The molecule has 1 aromatic carbocycles. The molecule has 2 heterocycles. The van der Waals surface area contributed by atoms with Crippen LogP contribution < -0.4 is 5.32 Å². The van der Waals surface area contributed by atoms with Crippen LogP contribution in [0.1, 0.15) is 35.6 Å². The van der Waals surface area contributed by atoms with E-state index in [2.05, 4.69) is 10.3 Å². The van der Waals surface area contributed by atoms with Crippen LogP contribution in [-0.4, -0.2) is 21.9 Å². The minimum Gasteiger partial charge on any atom is -0.392 e. The van der Waals surface area contributed by atoms with Crippen molar-refractivity contribution in [2.45, 2.75) is 32.3 Å². The van der Waals surface area contributed by atoms with Crippen molar-refractivity contribution in [2.24, 2.45) is 0 Å². The number of piperidine rings is 1. The van der Waals surface area contributed by atoms with E-state index in [1.807, 2.05) is 0 Å². The van der Waals surface area contributed by atoms with Gasteiger partial charge < -0.3 is 5.11 Å². The lowest BCUT2D eigenvalue weighted by molar-refractivity contribution is -0.134. The van der Waals surface area contributed by atoms with E-state index in [-0.39, 0.29) is 23.8 Å². The summed E-state index contributed by atoms with van der Waals surface area (Å²) in [5.41, 5.74) is 2.12. The van der Waals surface area contributed by atoms with Gasteiger partial charge in [0.25, 0.3) is 0 Å². The molecule has 1 atom stereocenters. The minimum atomic E-state index is -0.505. The minimum absolute atomic E-state index is 0.188. The number of halogens is 1. The van der Waals surface area contributed by atoms with E-state index in [4.69, 9.17) is 5.11 Å². The Kier molecular flexibility index (Phi) is 3.62. The summed E-state index contributed by atoms with van der Waals surface area (Å²) in [4.78, 5) is 27.6. The van der Waals surface area contributed by atoms with E-state index >= 15 is 0 Å². The fourth-order valence-corrected chi connectivity index (χ4v) is 2.81. The molecule has 0 saturated carbocycles. The van der Waals surface area contributed by atoms with Crippen molar-refractivity contribution in [3.05, 3.63) is 40.8 Å². The lowest BCUT2D eigenvalue weighted by Crippen LogP contribution is -2.39. The Balaban J connectivity index is 2.09. The maximum atomic E-state index is 13.8. The number of aliphatic hydroxyl groups excluding tert-OH is 1. The van der Waals surface area contributed by atoms with Crippen molar-refractivity contribution in [3.63, 3.8) is 0 Å². The first-order valence-electron chi connectivity index (χ1n) is 7.04. The molecule has 0 aliphatic carbocycles. The molecule has 0 bridgehead atoms. The molecule has 0 radical (unpaired) electrons. The number of aliphatic hydroxyl groups is 1. The number of imide groups is 1. The number of fused-ring (bicyclic) bond motifs is 1. The highest BCUT2D eigenvalue weighted by molar-refractivity contribution is 6.01. The first-order valence-corrected chi connectivity index (χ1v) is 7.04. The van der Waals surface area contributed by atoms with Crippen LogP contribution in [0, 0.1) is 12.7 Å². The highest BCUT2D eigenvalue weighted by Crippen LogP contribution is 2.30. The van der Waals surface area contributed by atoms with E-state index in [9.17, 15) is 14.0 Å². The number of nitrogens with zero attached hydrogens (tertiary/aromatic N) is 1. The van der Waals surface area contributed by atoms with Crippen LogP contribution in [0.4, 0.5) is 4.39 Å². The molecule has 2 aromatic rings. The lowest BCUT2D eigenvalue weighted by Gasteiger charge is -2.22. The molecule has 1 aromatic heterocycles. The van der Waals surface area contributed by atoms with Crippen LogP contribution >= 0.6 is 0 Å². The van der Waals surface area contributed by atoms with E-state index in [0.29, 0.717) is 28.6 Å². The molecule has 1 fully saturated rings. The second-order valence-electron chi connectivity index (χ2n) is 5.46. The molecule has 2 N–H and O–H groups in total. The third kappa shape index (κ3) is 2.46. The molecule has 0 spiro atoms. The van der Waals surface area contributed by atoms with Gasteiger partial charge in [-0.05, 0) is 37.1 Å². The van der Waals surface area contributed by atoms with Crippen molar-refractivity contribution in [1.82, 2.24) is 10.3 Å². The van der Waals surface area contributed by atoms with Crippen LogP contribution in [-0.2, 0) is 16.2 Å². The van der Waals surface area contributed by atoms with E-state index in [0.717, 1.165) is 0 Å². The van der Waals surface area contributed by atoms with Gasteiger partial charge in [0, 0.05) is 23.1 Å². The molecule has 22 heavy (non-hydrogen) atoms. The summed E-state index contributed by atoms with van der Waals surface area (Å²) in [5, 5.41) is 12.0. The number of nitrogens with one attached hydrogen (secondary N) is 1. The van der Waals surface area contributed by atoms with Crippen molar-refractivity contribution < 1.29 is 19.1 Å². The molecule has 5 nitrogen and oxygen atoms in total. The van der Waals surface area contributed by atoms with E-state index in [1.54, 1.807) is 13.0 Å². The summed E-state index contributed by atoms with van der Waals surface area (Å²) in [6, 6.07) is 4.55. The third-order valence-corrected chi connectivity index (χ3v) is 4.00. The Hall–Kier alpha value is -2.34. The van der Waals surface area contributed by atoms with Crippen molar-refractivity contribution in [3.8, 4) is 0 Å². The second kappa shape index (κ2) is 5.46. The fraction of sp³-hybridized carbons (Fsp3) is 0.312. The number of benzene rings is 1. The molecule has 1 aliphatic rings. The molecule has 114 valence electrons. The maximum absolute atomic E-state index is 13.8. The quantitative estimate of drug-likeness (QED) is 0.828. The van der Waals surface area contributed by atoms with Gasteiger partial charge in [0.1, 0.15) is 5.82 Å². The number of carbonyl (C=O) groups excluding carboxylic acids is 2. The summed E-state index contributed by atoms with van der Waals surface area (Å²) in [5.74, 6) is -1.57. The SMILES string of the molecule is Cc1nc2cc(CO)c(F)cc2cc1C1CCC(=O)NC1=O. The Bertz CT molecular complexity index is 789. The summed E-state index contributed by atoms with van der Waals surface area (Å²) in [7, 11) is 0. The van der Waals surface area contributed by atoms with Gasteiger partial charge in [0.15, 0.2) is 0 Å². The number of aryl methyl sites for hydroxylation is 1. The standard InChI is InChI=1S/C16H15FN2O3/c1-8-12(11-2-3-15(21)19-16(11)22)4-9-5-13(17)10(7-20)6-14(9)18-8/h4-6,11,20H,2-3,7H2,1H3,(H,19,21,22). The highest BCUT2D eigenvalue weighted by atomic mass is 19.1. The smallest absolute Gasteiger partial charge is 0.234 e. The molecule has 1 unspecified atom stereocenters. The highest BCUT2D eigenvalue weighted by Gasteiger charge is 2.29. The number of carbonyl (C=O) groups is 2. The van der Waals surface area contributed by atoms with Crippen molar-refractivity contribution >= 4 is 22.7 Å². The summed E-state index contributed by atoms with van der Waals surface area (Å²) < 4.78 is 13.8. The molecule has 3 rings (SSSR count). The lowest BCUT2D eigenvalue weighted by atomic mass is 9.88. The molecule has 6 heteroatoms. The fourth-order valence-electron chi connectivity index (χ4n) is 2.81. The zero-order valence-corrected chi connectivity index (χ0v) is 12.0. The second-order valence-corrected chi connectivity index (χ2v) is 5.46. The Morgan fingerprint density at radius 1 is 1.36 bits per heavy atom. The van der Waals surface area contributed by atoms with Crippen LogP contribution in [0.3, 0.4) is 0 Å². The van der Waals surface area contributed by atoms with Gasteiger partial charge in [-0.25, -0.2) is 4.39 Å². The zero-order valence-electron chi connectivity index (χ0n) is 12.0. The van der Waals surface area contributed by atoms with Crippen molar-refractivity contribution in [2.75, 3.05) is 0 Å². The van der Waals surface area contributed by atoms with Gasteiger partial charge in [0.2, 0.25) is 11.8 Å². The van der Waals surface area contributed by atoms with Gasteiger partial charge in [0.05, 0.1) is 18.0 Å². The Labute approximate surface area is 126 Å². The first-order chi connectivity index (χ1) is 10.5. The number of hydrogen-bond donors (Lipinski definition) is 2. The van der Waals surface area contributed by atoms with Gasteiger partial charge in [-0.3, -0.25) is 19.9 Å². The maximum Gasteiger partial charge on any atom is 0.234 e. The van der Waals surface area contributed by atoms with Crippen LogP contribution in [0.2, 0.25) is 0 Å². The van der Waals surface area contributed by atoms with E-state index in [1.165, 1.54) is 12.1 Å². The van der Waals surface area contributed by atoms with Crippen LogP contribution in [0.25, 0.3) is 10.9 Å². The average Bonchev–Trinajstić information content (AvgIpc) is 2.47. The normalized spacial score (nSPS) is 18.6. The number of rotatable bonds is 2. The molecular formula is C16H15FN2O3. The summed E-state index contributed by atoms with van der Waals surface area (Å²) in [6.45, 7) is 1.39. The van der Waals surface area contributed by atoms with Crippen LogP contribution in [0.5, 0.6) is 0 Å². The number of pyridine rings is 1. The number of aromatic nitrogens is 1. The first kappa shape index (κ1) is 14.6. The Morgan fingerprint density at radius 2 is 2.14 bits per heavy atom. The van der Waals surface area contributed by atoms with Gasteiger partial charge in [-0.1, -0.05) is 0 Å². The Morgan fingerprint density at radius 3 is 2.82 bits per heavy atom. The molecular weight excluding hydrogens is 287 g/mol. The summed E-state index contributed by atoms with van der Waals surface area (Å²) in [6.07, 6.45) is 0.710. The van der Waals surface area contributed by atoms with Gasteiger partial charge >= 0.3 is 0 Å². The number of amides is 2.